The number of rotatable bonds is 2. The minimum Gasteiger partial charge on any atom is -0.312 e. The van der Waals surface area contributed by atoms with Gasteiger partial charge in [0.2, 0.25) is 0 Å². The standard InChI is InChI=1S/C13H13FN2O2/c14-10-5-2-1-4-9(10)8-16-12(17)11-6-3-7-15(11)13(16)18/h1-2,4-5,11H,3,6-8H2. The molecule has 94 valence electrons. The van der Waals surface area contributed by atoms with Crippen molar-refractivity contribution < 1.29 is 14.0 Å². The van der Waals surface area contributed by atoms with Crippen LogP contribution in [0.5, 0.6) is 0 Å². The Bertz CT molecular complexity index is 495. The third-order valence-corrected chi connectivity index (χ3v) is 3.57. The first-order valence-electron chi connectivity index (χ1n) is 6.04. The van der Waals surface area contributed by atoms with E-state index in [4.69, 9.17) is 0 Å². The van der Waals surface area contributed by atoms with E-state index < -0.39 is 0 Å². The normalized spacial score (nSPS) is 22.8. The van der Waals surface area contributed by atoms with Crippen molar-refractivity contribution in [1.82, 2.24) is 9.80 Å². The molecule has 2 fully saturated rings. The molecule has 3 rings (SSSR count). The Kier molecular flexibility index (Phi) is 2.54. The zero-order chi connectivity index (χ0) is 12.7. The van der Waals surface area contributed by atoms with Crippen molar-refractivity contribution in [3.8, 4) is 0 Å². The van der Waals surface area contributed by atoms with Crippen LogP contribution in [0.1, 0.15) is 18.4 Å². The number of hydrogen-bond donors (Lipinski definition) is 0. The Balaban J connectivity index is 1.84. The largest absolute Gasteiger partial charge is 0.327 e. The Hall–Kier alpha value is -1.91. The molecule has 0 radical (unpaired) electrons. The van der Waals surface area contributed by atoms with Gasteiger partial charge in [0, 0.05) is 12.1 Å². The summed E-state index contributed by atoms with van der Waals surface area (Å²) in [6.45, 7) is 0.653. The van der Waals surface area contributed by atoms with Gasteiger partial charge in [-0.15, -0.1) is 0 Å². The lowest BCUT2D eigenvalue weighted by Crippen LogP contribution is -2.32. The van der Waals surface area contributed by atoms with Gasteiger partial charge in [-0.1, -0.05) is 18.2 Å². The summed E-state index contributed by atoms with van der Waals surface area (Å²) in [5.41, 5.74) is 0.375. The van der Waals surface area contributed by atoms with Crippen LogP contribution in [0.4, 0.5) is 9.18 Å². The van der Waals surface area contributed by atoms with Gasteiger partial charge in [-0.25, -0.2) is 9.18 Å². The molecule has 0 spiro atoms. The molecule has 2 heterocycles. The van der Waals surface area contributed by atoms with Crippen molar-refractivity contribution in [3.63, 3.8) is 0 Å². The second-order valence-corrected chi connectivity index (χ2v) is 4.65. The van der Waals surface area contributed by atoms with Crippen LogP contribution in [0, 0.1) is 5.82 Å². The molecule has 1 unspecified atom stereocenters. The number of hydrogen-bond acceptors (Lipinski definition) is 2. The molecule has 2 aliphatic rings. The van der Waals surface area contributed by atoms with E-state index in [1.54, 1.807) is 23.1 Å². The molecule has 5 heteroatoms. The van der Waals surface area contributed by atoms with Crippen molar-refractivity contribution in [3.05, 3.63) is 35.6 Å². The number of amides is 3. The fraction of sp³-hybridized carbons (Fsp3) is 0.385. The monoisotopic (exact) mass is 248 g/mol. The van der Waals surface area contributed by atoms with Gasteiger partial charge in [0.25, 0.3) is 5.91 Å². The molecule has 0 N–H and O–H groups in total. The van der Waals surface area contributed by atoms with Crippen LogP contribution in [-0.4, -0.2) is 34.3 Å². The Morgan fingerprint density at radius 3 is 2.78 bits per heavy atom. The highest BCUT2D eigenvalue weighted by atomic mass is 19.1. The number of fused-ring (bicyclic) bond motifs is 1. The molecule has 2 saturated heterocycles. The van der Waals surface area contributed by atoms with Crippen LogP contribution >= 0.6 is 0 Å². The van der Waals surface area contributed by atoms with E-state index in [1.165, 1.54) is 6.07 Å². The smallest absolute Gasteiger partial charge is 0.312 e. The Labute approximate surface area is 104 Å². The summed E-state index contributed by atoms with van der Waals surface area (Å²) in [6, 6.07) is 5.62. The lowest BCUT2D eigenvalue weighted by molar-refractivity contribution is -0.128. The van der Waals surface area contributed by atoms with E-state index in [0.717, 1.165) is 17.7 Å². The fourth-order valence-electron chi connectivity index (χ4n) is 2.62. The van der Waals surface area contributed by atoms with Crippen molar-refractivity contribution in [1.29, 1.82) is 0 Å². The predicted molar refractivity (Wildman–Crippen MR) is 62.1 cm³/mol. The van der Waals surface area contributed by atoms with Gasteiger partial charge in [-0.2, -0.15) is 0 Å². The molecule has 0 aromatic heterocycles. The van der Waals surface area contributed by atoms with Crippen LogP contribution in [0.2, 0.25) is 0 Å². The molecular formula is C13H13FN2O2. The molecule has 0 bridgehead atoms. The van der Waals surface area contributed by atoms with Crippen LogP contribution in [-0.2, 0) is 11.3 Å². The molecule has 4 nitrogen and oxygen atoms in total. The van der Waals surface area contributed by atoms with Crippen LogP contribution < -0.4 is 0 Å². The lowest BCUT2D eigenvalue weighted by atomic mass is 10.2. The highest BCUT2D eigenvalue weighted by molar-refractivity contribution is 6.04. The number of urea groups is 1. The number of benzene rings is 1. The summed E-state index contributed by atoms with van der Waals surface area (Å²) in [5.74, 6) is -0.578. The van der Waals surface area contributed by atoms with Crippen molar-refractivity contribution in [2.24, 2.45) is 0 Å². The first-order valence-corrected chi connectivity index (χ1v) is 6.04. The zero-order valence-electron chi connectivity index (χ0n) is 9.80. The maximum atomic E-state index is 13.5. The third-order valence-electron chi connectivity index (χ3n) is 3.57. The maximum absolute atomic E-state index is 13.5. The second-order valence-electron chi connectivity index (χ2n) is 4.65. The van der Waals surface area contributed by atoms with Gasteiger partial charge in [0.15, 0.2) is 0 Å². The average Bonchev–Trinajstić information content (AvgIpc) is 2.92. The van der Waals surface area contributed by atoms with Gasteiger partial charge in [0.05, 0.1) is 6.54 Å². The van der Waals surface area contributed by atoms with Crippen LogP contribution in [0.25, 0.3) is 0 Å². The summed E-state index contributed by atoms with van der Waals surface area (Å²) in [6.07, 6.45) is 1.59. The van der Waals surface area contributed by atoms with Gasteiger partial charge >= 0.3 is 6.03 Å². The molecule has 0 aliphatic carbocycles. The van der Waals surface area contributed by atoms with Gasteiger partial charge < -0.3 is 4.90 Å². The van der Waals surface area contributed by atoms with Gasteiger partial charge in [-0.05, 0) is 18.9 Å². The summed E-state index contributed by atoms with van der Waals surface area (Å²) < 4.78 is 13.5. The van der Waals surface area contributed by atoms with Crippen LogP contribution in [0.3, 0.4) is 0 Å². The van der Waals surface area contributed by atoms with Crippen molar-refractivity contribution >= 4 is 11.9 Å². The van der Waals surface area contributed by atoms with E-state index in [2.05, 4.69) is 0 Å². The number of halogens is 1. The molecule has 1 aromatic carbocycles. The SMILES string of the molecule is O=C1C2CCCN2C(=O)N1Cc1ccccc1F. The summed E-state index contributed by atoms with van der Waals surface area (Å²) in [4.78, 5) is 26.8. The first-order chi connectivity index (χ1) is 8.68. The van der Waals surface area contributed by atoms with Crippen LogP contribution in [0.15, 0.2) is 24.3 Å². The Morgan fingerprint density at radius 1 is 1.28 bits per heavy atom. The van der Waals surface area contributed by atoms with Gasteiger partial charge in [0.1, 0.15) is 11.9 Å². The zero-order valence-corrected chi connectivity index (χ0v) is 9.80. The molecule has 0 saturated carbocycles. The number of imide groups is 1. The number of carbonyl (C=O) groups excluding carboxylic acids is 2. The van der Waals surface area contributed by atoms with Crippen molar-refractivity contribution in [2.45, 2.75) is 25.4 Å². The summed E-state index contributed by atoms with van der Waals surface area (Å²) in [7, 11) is 0. The molecule has 1 atom stereocenters. The minimum absolute atomic E-state index is 0.0251. The highest BCUT2D eigenvalue weighted by Gasteiger charge is 2.47. The second kappa shape index (κ2) is 4.08. The minimum atomic E-state index is -0.384. The quantitative estimate of drug-likeness (QED) is 0.748. The fourth-order valence-corrected chi connectivity index (χ4v) is 2.62. The molecule has 2 aliphatic heterocycles. The maximum Gasteiger partial charge on any atom is 0.327 e. The van der Waals surface area contributed by atoms with E-state index in [-0.39, 0.29) is 30.3 Å². The number of carbonyl (C=O) groups is 2. The molecule has 1 aromatic rings. The first kappa shape index (κ1) is 11.2. The number of nitrogens with zero attached hydrogens (tertiary/aromatic N) is 2. The van der Waals surface area contributed by atoms with Gasteiger partial charge in [-0.3, -0.25) is 9.69 Å². The lowest BCUT2D eigenvalue weighted by Gasteiger charge is -2.15. The molecule has 3 amide bonds. The Morgan fingerprint density at radius 2 is 2.06 bits per heavy atom. The van der Waals surface area contributed by atoms with E-state index >= 15 is 0 Å². The third kappa shape index (κ3) is 1.58. The highest BCUT2D eigenvalue weighted by Crippen LogP contribution is 2.28. The van der Waals surface area contributed by atoms with Crippen molar-refractivity contribution in [2.75, 3.05) is 6.54 Å². The van der Waals surface area contributed by atoms with E-state index in [0.29, 0.717) is 12.1 Å². The topological polar surface area (TPSA) is 40.6 Å². The van der Waals surface area contributed by atoms with E-state index in [1.807, 2.05) is 0 Å². The molecular weight excluding hydrogens is 235 g/mol. The van der Waals surface area contributed by atoms with E-state index in [9.17, 15) is 14.0 Å². The molecule has 18 heavy (non-hydrogen) atoms. The summed E-state index contributed by atoms with van der Waals surface area (Å²) >= 11 is 0. The summed E-state index contributed by atoms with van der Waals surface area (Å²) in [5, 5.41) is 0. The average molecular weight is 248 g/mol. The predicted octanol–water partition coefficient (Wildman–Crippen LogP) is 1.75.